The molecule has 1 heterocycles. The highest BCUT2D eigenvalue weighted by molar-refractivity contribution is 5.79. The Kier molecular flexibility index (Phi) is 2.90. The zero-order chi connectivity index (χ0) is 13.4. The molecule has 7 heteroatoms. The number of aromatic nitrogens is 2. The van der Waals surface area contributed by atoms with E-state index in [1.54, 1.807) is 0 Å². The molecular formula is C11H10F3N3O. The Hall–Kier alpha value is -2.18. The molecule has 0 saturated heterocycles. The Balaban J connectivity index is 2.81. The third-order valence-corrected chi connectivity index (χ3v) is 2.58. The van der Waals surface area contributed by atoms with Gasteiger partial charge in [-0.2, -0.15) is 5.10 Å². The molecule has 2 N–H and O–H groups in total. The van der Waals surface area contributed by atoms with Crippen LogP contribution in [0, 0.1) is 17.5 Å². The highest BCUT2D eigenvalue weighted by Gasteiger charge is 2.24. The number of nitrogens with zero attached hydrogens (tertiary/aromatic N) is 2. The maximum atomic E-state index is 13.8. The van der Waals surface area contributed by atoms with Crippen molar-refractivity contribution < 1.29 is 17.9 Å². The first-order valence-corrected chi connectivity index (χ1v) is 4.96. The quantitative estimate of drug-likeness (QED) is 0.838. The van der Waals surface area contributed by atoms with Gasteiger partial charge in [0.2, 0.25) is 0 Å². The zero-order valence-electron chi connectivity index (χ0n) is 9.67. The predicted octanol–water partition coefficient (Wildman–Crippen LogP) is 2.10. The summed E-state index contributed by atoms with van der Waals surface area (Å²) in [6, 6.07) is 0.421. The van der Waals surface area contributed by atoms with Crippen LogP contribution in [0.1, 0.15) is 0 Å². The van der Waals surface area contributed by atoms with Crippen LogP contribution >= 0.6 is 0 Å². The largest absolute Gasteiger partial charge is 0.493 e. The first-order chi connectivity index (χ1) is 8.47. The lowest BCUT2D eigenvalue weighted by atomic mass is 10.1. The lowest BCUT2D eigenvalue weighted by Crippen LogP contribution is -2.02. The summed E-state index contributed by atoms with van der Waals surface area (Å²) < 4.78 is 46.6. The van der Waals surface area contributed by atoms with Crippen LogP contribution in [-0.4, -0.2) is 16.9 Å². The number of nitrogens with two attached hydrogens (primary N) is 1. The molecule has 0 amide bonds. The molecule has 0 radical (unpaired) electrons. The number of rotatable bonds is 2. The average Bonchev–Trinajstić information content (AvgIpc) is 2.65. The predicted molar refractivity (Wildman–Crippen MR) is 59.5 cm³/mol. The van der Waals surface area contributed by atoms with E-state index in [4.69, 9.17) is 10.5 Å². The van der Waals surface area contributed by atoms with Crippen LogP contribution in [0.25, 0.3) is 11.1 Å². The van der Waals surface area contributed by atoms with Crippen molar-refractivity contribution in [3.05, 3.63) is 29.7 Å². The van der Waals surface area contributed by atoms with E-state index in [9.17, 15) is 13.2 Å². The van der Waals surface area contributed by atoms with Crippen LogP contribution in [0.3, 0.4) is 0 Å². The van der Waals surface area contributed by atoms with Gasteiger partial charge in [0.1, 0.15) is 5.82 Å². The maximum Gasteiger partial charge on any atom is 0.170 e. The molecule has 0 bridgehead atoms. The third-order valence-electron chi connectivity index (χ3n) is 2.58. The number of benzene rings is 1. The third kappa shape index (κ3) is 1.68. The number of hydrogen-bond acceptors (Lipinski definition) is 3. The standard InChI is InChI=1S/C11H10F3N3O/c1-17-11(15)5(4-16-17)8-9(14)6(12)3-7(13)10(8)18-2/h3-4H,15H2,1-2H3. The number of anilines is 1. The van der Waals surface area contributed by atoms with E-state index in [0.29, 0.717) is 6.07 Å². The summed E-state index contributed by atoms with van der Waals surface area (Å²) >= 11 is 0. The minimum Gasteiger partial charge on any atom is -0.493 e. The van der Waals surface area contributed by atoms with Crippen LogP contribution in [0.4, 0.5) is 19.0 Å². The summed E-state index contributed by atoms with van der Waals surface area (Å²) in [5.41, 5.74) is 5.36. The zero-order valence-corrected chi connectivity index (χ0v) is 9.67. The first kappa shape index (κ1) is 12.3. The second-order valence-corrected chi connectivity index (χ2v) is 3.63. The number of methoxy groups -OCH3 is 1. The molecule has 0 aliphatic heterocycles. The minimum absolute atomic E-state index is 0.0743. The van der Waals surface area contributed by atoms with Gasteiger partial charge in [0.05, 0.1) is 24.4 Å². The lowest BCUT2D eigenvalue weighted by Gasteiger charge is -2.10. The number of nitrogen functional groups attached to an aromatic ring is 1. The average molecular weight is 257 g/mol. The molecule has 2 aromatic rings. The molecule has 0 spiro atoms. The number of aryl methyl sites for hydroxylation is 1. The fourth-order valence-corrected chi connectivity index (χ4v) is 1.66. The topological polar surface area (TPSA) is 53.1 Å². The Morgan fingerprint density at radius 2 is 1.94 bits per heavy atom. The van der Waals surface area contributed by atoms with E-state index < -0.39 is 23.2 Å². The second-order valence-electron chi connectivity index (χ2n) is 3.63. The highest BCUT2D eigenvalue weighted by atomic mass is 19.2. The van der Waals surface area contributed by atoms with E-state index in [1.807, 2.05) is 0 Å². The molecule has 2 rings (SSSR count). The van der Waals surface area contributed by atoms with Crippen LogP contribution in [-0.2, 0) is 7.05 Å². The van der Waals surface area contributed by atoms with Gasteiger partial charge in [-0.1, -0.05) is 0 Å². The molecule has 0 atom stereocenters. The van der Waals surface area contributed by atoms with Gasteiger partial charge in [-0.15, -0.1) is 0 Å². The lowest BCUT2D eigenvalue weighted by molar-refractivity contribution is 0.379. The summed E-state index contributed by atoms with van der Waals surface area (Å²) in [6.45, 7) is 0. The minimum atomic E-state index is -1.31. The fourth-order valence-electron chi connectivity index (χ4n) is 1.66. The van der Waals surface area contributed by atoms with Gasteiger partial charge in [-0.05, 0) is 0 Å². The Morgan fingerprint density at radius 1 is 1.28 bits per heavy atom. The second kappa shape index (κ2) is 4.25. The molecule has 0 aliphatic rings. The molecule has 0 saturated carbocycles. The molecular weight excluding hydrogens is 247 g/mol. The van der Waals surface area contributed by atoms with Gasteiger partial charge in [-0.3, -0.25) is 4.68 Å². The van der Waals surface area contributed by atoms with Crippen LogP contribution in [0.5, 0.6) is 5.75 Å². The number of ether oxygens (including phenoxy) is 1. The molecule has 1 aromatic carbocycles. The van der Waals surface area contributed by atoms with Crippen molar-refractivity contribution in [3.8, 4) is 16.9 Å². The van der Waals surface area contributed by atoms with Crippen molar-refractivity contribution in [1.29, 1.82) is 0 Å². The van der Waals surface area contributed by atoms with Gasteiger partial charge >= 0.3 is 0 Å². The van der Waals surface area contributed by atoms with E-state index in [-0.39, 0.29) is 16.9 Å². The van der Waals surface area contributed by atoms with Gasteiger partial charge < -0.3 is 10.5 Å². The van der Waals surface area contributed by atoms with Crippen molar-refractivity contribution >= 4 is 5.82 Å². The molecule has 0 fully saturated rings. The summed E-state index contributed by atoms with van der Waals surface area (Å²) in [4.78, 5) is 0. The van der Waals surface area contributed by atoms with Gasteiger partial charge in [0.15, 0.2) is 23.2 Å². The van der Waals surface area contributed by atoms with Crippen LogP contribution in [0.15, 0.2) is 12.3 Å². The summed E-state index contributed by atoms with van der Waals surface area (Å²) in [7, 11) is 2.69. The molecule has 0 aliphatic carbocycles. The molecule has 96 valence electrons. The molecule has 4 nitrogen and oxygen atoms in total. The molecule has 0 unspecified atom stereocenters. The molecule has 1 aromatic heterocycles. The van der Waals surface area contributed by atoms with E-state index >= 15 is 0 Å². The Bertz CT molecular complexity index is 610. The van der Waals surface area contributed by atoms with Crippen molar-refractivity contribution in [2.45, 2.75) is 0 Å². The SMILES string of the molecule is COc1c(F)cc(F)c(F)c1-c1cnn(C)c1N. The van der Waals surface area contributed by atoms with Crippen molar-refractivity contribution in [2.24, 2.45) is 7.05 Å². The highest BCUT2D eigenvalue weighted by Crippen LogP contribution is 2.38. The summed E-state index contributed by atoms with van der Waals surface area (Å²) in [6.07, 6.45) is 1.22. The van der Waals surface area contributed by atoms with Gasteiger partial charge in [0.25, 0.3) is 0 Å². The first-order valence-electron chi connectivity index (χ1n) is 4.96. The normalized spacial score (nSPS) is 10.7. The van der Waals surface area contributed by atoms with Gasteiger partial charge in [0, 0.05) is 13.1 Å². The Labute approximate surface area is 101 Å². The van der Waals surface area contributed by atoms with Crippen LogP contribution < -0.4 is 10.5 Å². The van der Waals surface area contributed by atoms with E-state index in [1.165, 1.54) is 17.9 Å². The van der Waals surface area contributed by atoms with Crippen molar-refractivity contribution in [3.63, 3.8) is 0 Å². The van der Waals surface area contributed by atoms with Crippen molar-refractivity contribution in [2.75, 3.05) is 12.8 Å². The maximum absolute atomic E-state index is 13.8. The molecule has 18 heavy (non-hydrogen) atoms. The number of halogens is 3. The van der Waals surface area contributed by atoms with Crippen LogP contribution in [0.2, 0.25) is 0 Å². The van der Waals surface area contributed by atoms with E-state index in [2.05, 4.69) is 5.10 Å². The van der Waals surface area contributed by atoms with Crippen molar-refractivity contribution in [1.82, 2.24) is 9.78 Å². The Morgan fingerprint density at radius 3 is 2.44 bits per heavy atom. The van der Waals surface area contributed by atoms with E-state index in [0.717, 1.165) is 7.11 Å². The summed E-state index contributed by atoms with van der Waals surface area (Å²) in [5.74, 6) is -3.88. The smallest absolute Gasteiger partial charge is 0.170 e. The summed E-state index contributed by atoms with van der Waals surface area (Å²) in [5, 5.41) is 3.79. The number of hydrogen-bond donors (Lipinski definition) is 1. The van der Waals surface area contributed by atoms with Gasteiger partial charge in [-0.25, -0.2) is 13.2 Å². The fraction of sp³-hybridized carbons (Fsp3) is 0.182. The monoisotopic (exact) mass is 257 g/mol.